The number of aryl methyl sites for hydroxylation is 1. The van der Waals surface area contributed by atoms with Crippen LogP contribution in [0.25, 0.3) is 11.3 Å². The lowest BCUT2D eigenvalue weighted by molar-refractivity contribution is 0.101. The second kappa shape index (κ2) is 8.22. The number of carbonyl (C=O) groups excluding carboxylic acids is 1. The maximum Gasteiger partial charge on any atom is 0.291 e. The third-order valence-corrected chi connectivity index (χ3v) is 4.96. The first-order chi connectivity index (χ1) is 13.0. The van der Waals surface area contributed by atoms with Gasteiger partial charge in [-0.05, 0) is 44.4 Å². The van der Waals surface area contributed by atoms with Crippen LogP contribution in [-0.2, 0) is 6.54 Å². The largest absolute Gasteiger partial charge is 0.350 e. The second-order valence-electron chi connectivity index (χ2n) is 6.00. The minimum Gasteiger partial charge on any atom is -0.350 e. The molecule has 0 saturated carbocycles. The number of carbonyl (C=O) groups is 1. The summed E-state index contributed by atoms with van der Waals surface area (Å²) in [6.45, 7) is 3.73. The number of ketones is 1. The monoisotopic (exact) mass is 379 g/mol. The molecule has 0 bridgehead atoms. The fourth-order valence-electron chi connectivity index (χ4n) is 2.86. The molecule has 27 heavy (non-hydrogen) atoms. The third kappa shape index (κ3) is 3.95. The van der Waals surface area contributed by atoms with Crippen molar-refractivity contribution in [3.63, 3.8) is 0 Å². The molecule has 0 aliphatic carbocycles. The molecule has 0 fully saturated rings. The van der Waals surface area contributed by atoms with Crippen LogP contribution in [0.3, 0.4) is 0 Å². The van der Waals surface area contributed by atoms with E-state index in [4.69, 9.17) is 0 Å². The Morgan fingerprint density at radius 2 is 1.78 bits per heavy atom. The number of nitrogens with zero attached hydrogens (tertiary/aromatic N) is 2. The lowest BCUT2D eigenvalue weighted by atomic mass is 10.0. The number of anilines is 2. The van der Waals surface area contributed by atoms with E-state index < -0.39 is 0 Å². The predicted molar refractivity (Wildman–Crippen MR) is 111 cm³/mol. The topological polar surface area (TPSA) is 64.0 Å². The molecule has 3 rings (SSSR count). The average Bonchev–Trinajstić information content (AvgIpc) is 2.70. The summed E-state index contributed by atoms with van der Waals surface area (Å²) in [5.41, 5.74) is 2.31. The Balaban J connectivity index is 2.21. The zero-order chi connectivity index (χ0) is 19.4. The molecule has 3 aromatic rings. The minimum atomic E-state index is -0.309. The summed E-state index contributed by atoms with van der Waals surface area (Å²) in [5, 5.41) is 7.61. The molecular formula is C21H21N3O2S. The number of aromatic nitrogens is 2. The van der Waals surface area contributed by atoms with Crippen molar-refractivity contribution in [2.24, 2.45) is 0 Å². The van der Waals surface area contributed by atoms with E-state index >= 15 is 0 Å². The molecule has 1 N–H and O–H groups in total. The van der Waals surface area contributed by atoms with Crippen molar-refractivity contribution in [3.05, 3.63) is 70.5 Å². The van der Waals surface area contributed by atoms with Gasteiger partial charge in [-0.25, -0.2) is 4.68 Å². The Labute approximate surface area is 162 Å². The fraction of sp³-hybridized carbons (Fsp3) is 0.190. The number of rotatable bonds is 6. The molecule has 0 unspecified atom stereocenters. The average molecular weight is 379 g/mol. The van der Waals surface area contributed by atoms with Gasteiger partial charge >= 0.3 is 0 Å². The van der Waals surface area contributed by atoms with Gasteiger partial charge in [-0.15, -0.1) is 11.8 Å². The molecule has 5 nitrogen and oxygen atoms in total. The Morgan fingerprint density at radius 1 is 1.11 bits per heavy atom. The van der Waals surface area contributed by atoms with E-state index in [0.29, 0.717) is 17.8 Å². The van der Waals surface area contributed by atoms with Gasteiger partial charge in [0, 0.05) is 22.7 Å². The van der Waals surface area contributed by atoms with E-state index in [1.54, 1.807) is 11.8 Å². The van der Waals surface area contributed by atoms with Gasteiger partial charge in [0.05, 0.1) is 5.56 Å². The zero-order valence-electron chi connectivity index (χ0n) is 15.5. The molecule has 6 heteroatoms. The number of benzene rings is 2. The van der Waals surface area contributed by atoms with Crippen molar-refractivity contribution in [1.29, 1.82) is 0 Å². The van der Waals surface area contributed by atoms with Gasteiger partial charge < -0.3 is 5.32 Å². The molecule has 0 amide bonds. The van der Waals surface area contributed by atoms with E-state index in [9.17, 15) is 9.59 Å². The van der Waals surface area contributed by atoms with Gasteiger partial charge in [-0.3, -0.25) is 9.59 Å². The molecule has 0 saturated heterocycles. The van der Waals surface area contributed by atoms with Crippen molar-refractivity contribution in [1.82, 2.24) is 9.78 Å². The number of hydrogen-bond donors (Lipinski definition) is 1. The highest BCUT2D eigenvalue weighted by Gasteiger charge is 2.21. The van der Waals surface area contributed by atoms with Crippen LogP contribution in [0.1, 0.15) is 24.2 Å². The lowest BCUT2D eigenvalue weighted by Crippen LogP contribution is -2.28. The zero-order valence-corrected chi connectivity index (χ0v) is 16.3. The van der Waals surface area contributed by atoms with Crippen molar-refractivity contribution in [2.75, 3.05) is 11.6 Å². The van der Waals surface area contributed by atoms with Gasteiger partial charge in [0.2, 0.25) is 0 Å². The van der Waals surface area contributed by atoms with Crippen LogP contribution >= 0.6 is 11.8 Å². The Morgan fingerprint density at radius 3 is 2.33 bits per heavy atom. The smallest absolute Gasteiger partial charge is 0.291 e. The van der Waals surface area contributed by atoms with Crippen LogP contribution in [0, 0.1) is 0 Å². The van der Waals surface area contributed by atoms with E-state index in [1.807, 2.05) is 67.8 Å². The number of thioether (sulfide) groups is 1. The number of Topliss-reactive ketones (excluding diaryl/α,β-unsaturated/α-hetero) is 1. The number of nitrogens with one attached hydrogen (secondary N) is 1. The molecule has 1 heterocycles. The van der Waals surface area contributed by atoms with Crippen LogP contribution in [-0.4, -0.2) is 21.8 Å². The van der Waals surface area contributed by atoms with E-state index in [2.05, 4.69) is 10.4 Å². The first kappa shape index (κ1) is 18.9. The Hall–Kier alpha value is -2.86. The summed E-state index contributed by atoms with van der Waals surface area (Å²) in [4.78, 5) is 26.5. The first-order valence-corrected chi connectivity index (χ1v) is 9.90. The van der Waals surface area contributed by atoms with Crippen molar-refractivity contribution in [2.45, 2.75) is 25.3 Å². The summed E-state index contributed by atoms with van der Waals surface area (Å²) in [6.07, 6.45) is 2.01. The fourth-order valence-corrected chi connectivity index (χ4v) is 3.27. The normalized spacial score (nSPS) is 10.6. The molecule has 0 spiro atoms. The SMILES string of the molecule is CCn1nc(-c2ccccc2)c(C(C)=O)c(Nc2ccc(SC)cc2)c1=O. The van der Waals surface area contributed by atoms with Crippen LogP contribution < -0.4 is 10.9 Å². The highest BCUT2D eigenvalue weighted by molar-refractivity contribution is 7.98. The predicted octanol–water partition coefficient (Wildman–Crippen LogP) is 4.60. The van der Waals surface area contributed by atoms with E-state index in [0.717, 1.165) is 16.1 Å². The van der Waals surface area contributed by atoms with Crippen molar-refractivity contribution < 1.29 is 4.79 Å². The highest BCUT2D eigenvalue weighted by atomic mass is 32.2. The summed E-state index contributed by atoms with van der Waals surface area (Å²) >= 11 is 1.64. The van der Waals surface area contributed by atoms with Crippen LogP contribution in [0.4, 0.5) is 11.4 Å². The van der Waals surface area contributed by atoms with Crippen molar-refractivity contribution >= 4 is 28.9 Å². The Kier molecular flexibility index (Phi) is 5.76. The molecule has 1 aromatic heterocycles. The molecule has 138 valence electrons. The standard InChI is InChI=1S/C21H21N3O2S/c1-4-24-21(26)20(22-16-10-12-17(27-3)13-11-16)18(14(2)25)19(23-24)15-8-6-5-7-9-15/h5-13,22H,4H2,1-3H3. The second-order valence-corrected chi connectivity index (χ2v) is 6.87. The molecule has 2 aromatic carbocycles. The molecule has 0 radical (unpaired) electrons. The van der Waals surface area contributed by atoms with Gasteiger partial charge in [0.1, 0.15) is 11.4 Å². The molecular weight excluding hydrogens is 358 g/mol. The number of hydrogen-bond acceptors (Lipinski definition) is 5. The Bertz CT molecular complexity index is 1010. The minimum absolute atomic E-state index is 0.204. The molecule has 0 aliphatic heterocycles. The van der Waals surface area contributed by atoms with Crippen LogP contribution in [0.15, 0.2) is 64.3 Å². The van der Waals surface area contributed by atoms with Crippen LogP contribution in [0.2, 0.25) is 0 Å². The lowest BCUT2D eigenvalue weighted by Gasteiger charge is -2.16. The highest BCUT2D eigenvalue weighted by Crippen LogP contribution is 2.28. The van der Waals surface area contributed by atoms with E-state index in [-0.39, 0.29) is 17.0 Å². The summed E-state index contributed by atoms with van der Waals surface area (Å²) in [5.74, 6) is -0.204. The van der Waals surface area contributed by atoms with Crippen molar-refractivity contribution in [3.8, 4) is 11.3 Å². The van der Waals surface area contributed by atoms with E-state index in [1.165, 1.54) is 11.6 Å². The summed E-state index contributed by atoms with van der Waals surface area (Å²) < 4.78 is 1.38. The van der Waals surface area contributed by atoms with Gasteiger partial charge in [-0.2, -0.15) is 5.10 Å². The molecule has 0 aliphatic rings. The van der Waals surface area contributed by atoms with Gasteiger partial charge in [0.15, 0.2) is 5.78 Å². The maximum atomic E-state index is 12.9. The van der Waals surface area contributed by atoms with Gasteiger partial charge in [-0.1, -0.05) is 30.3 Å². The van der Waals surface area contributed by atoms with Crippen LogP contribution in [0.5, 0.6) is 0 Å². The molecule has 0 atom stereocenters. The van der Waals surface area contributed by atoms with Gasteiger partial charge in [0.25, 0.3) is 5.56 Å². The quantitative estimate of drug-likeness (QED) is 0.501. The summed E-state index contributed by atoms with van der Waals surface area (Å²) in [6, 6.07) is 17.2. The first-order valence-electron chi connectivity index (χ1n) is 8.67. The third-order valence-electron chi connectivity index (χ3n) is 4.21. The summed E-state index contributed by atoms with van der Waals surface area (Å²) in [7, 11) is 0. The maximum absolute atomic E-state index is 12.9.